The summed E-state index contributed by atoms with van der Waals surface area (Å²) in [7, 11) is 1.60. The van der Waals surface area contributed by atoms with E-state index in [1.807, 2.05) is 6.07 Å². The van der Waals surface area contributed by atoms with E-state index in [0.29, 0.717) is 19.4 Å². The first-order chi connectivity index (χ1) is 12.7. The highest BCUT2D eigenvalue weighted by Gasteiger charge is 2.35. The number of amides is 2. The number of rotatable bonds is 6. The standard InChI is InChI=1S/C20H29N3O3/c1-26-14-18-17(7-8-19(24)22-18)20(25)21-16-9-11-23(12-10-16)13-15-5-3-2-4-6-15/h2-6,16-18H,7-14H2,1H3,(H,21,25)(H,22,24)/t17-,18-/m1/s1. The Bertz CT molecular complexity index is 600. The molecule has 0 bridgehead atoms. The minimum atomic E-state index is -0.223. The summed E-state index contributed by atoms with van der Waals surface area (Å²) in [5.41, 5.74) is 1.33. The van der Waals surface area contributed by atoms with E-state index in [2.05, 4.69) is 39.8 Å². The Balaban J connectivity index is 1.46. The van der Waals surface area contributed by atoms with Crippen LogP contribution in [0.15, 0.2) is 30.3 Å². The van der Waals surface area contributed by atoms with E-state index in [-0.39, 0.29) is 29.8 Å². The van der Waals surface area contributed by atoms with Crippen LogP contribution in [-0.2, 0) is 20.9 Å². The van der Waals surface area contributed by atoms with Crippen molar-refractivity contribution in [3.05, 3.63) is 35.9 Å². The van der Waals surface area contributed by atoms with E-state index in [1.54, 1.807) is 7.11 Å². The molecule has 6 nitrogen and oxygen atoms in total. The number of carbonyl (C=O) groups is 2. The maximum Gasteiger partial charge on any atom is 0.225 e. The number of likely N-dealkylation sites (tertiary alicyclic amines) is 1. The minimum Gasteiger partial charge on any atom is -0.383 e. The van der Waals surface area contributed by atoms with Crippen molar-refractivity contribution in [2.24, 2.45) is 5.92 Å². The monoisotopic (exact) mass is 359 g/mol. The normalized spacial score (nSPS) is 24.9. The first-order valence-electron chi connectivity index (χ1n) is 9.50. The van der Waals surface area contributed by atoms with E-state index in [1.165, 1.54) is 5.56 Å². The van der Waals surface area contributed by atoms with Crippen LogP contribution in [0.3, 0.4) is 0 Å². The van der Waals surface area contributed by atoms with Gasteiger partial charge in [0.05, 0.1) is 18.6 Å². The molecule has 2 amide bonds. The minimum absolute atomic E-state index is 0.00493. The Labute approximate surface area is 155 Å². The average molecular weight is 359 g/mol. The molecule has 1 aromatic carbocycles. The molecule has 2 fully saturated rings. The van der Waals surface area contributed by atoms with Crippen LogP contribution in [-0.4, -0.2) is 55.6 Å². The first-order valence-corrected chi connectivity index (χ1v) is 9.50. The number of nitrogens with zero attached hydrogens (tertiary/aromatic N) is 1. The number of nitrogens with one attached hydrogen (secondary N) is 2. The van der Waals surface area contributed by atoms with Gasteiger partial charge in [-0.15, -0.1) is 0 Å². The quantitative estimate of drug-likeness (QED) is 0.803. The van der Waals surface area contributed by atoms with Gasteiger partial charge >= 0.3 is 0 Å². The molecule has 1 aromatic rings. The predicted molar refractivity (Wildman–Crippen MR) is 99.4 cm³/mol. The van der Waals surface area contributed by atoms with Crippen molar-refractivity contribution < 1.29 is 14.3 Å². The zero-order valence-corrected chi connectivity index (χ0v) is 15.4. The fraction of sp³-hybridized carbons (Fsp3) is 0.600. The summed E-state index contributed by atoms with van der Waals surface area (Å²) in [6, 6.07) is 10.5. The maximum absolute atomic E-state index is 12.7. The molecular weight excluding hydrogens is 330 g/mol. The lowest BCUT2D eigenvalue weighted by Gasteiger charge is -2.35. The lowest BCUT2D eigenvalue weighted by Crippen LogP contribution is -2.55. The van der Waals surface area contributed by atoms with E-state index in [9.17, 15) is 9.59 Å². The van der Waals surface area contributed by atoms with Crippen molar-refractivity contribution in [1.82, 2.24) is 15.5 Å². The lowest BCUT2D eigenvalue weighted by atomic mass is 9.89. The summed E-state index contributed by atoms with van der Waals surface area (Å²) in [5, 5.41) is 6.09. The average Bonchev–Trinajstić information content (AvgIpc) is 2.64. The number of hydrogen-bond donors (Lipinski definition) is 2. The molecule has 142 valence electrons. The van der Waals surface area contributed by atoms with Crippen LogP contribution < -0.4 is 10.6 Å². The molecule has 0 aromatic heterocycles. The van der Waals surface area contributed by atoms with Gasteiger partial charge in [-0.3, -0.25) is 14.5 Å². The van der Waals surface area contributed by atoms with Crippen LogP contribution in [0, 0.1) is 5.92 Å². The summed E-state index contributed by atoms with van der Waals surface area (Å²) in [6.45, 7) is 3.32. The summed E-state index contributed by atoms with van der Waals surface area (Å²) >= 11 is 0. The van der Waals surface area contributed by atoms with Gasteiger partial charge in [-0.2, -0.15) is 0 Å². The third-order valence-electron chi connectivity index (χ3n) is 5.38. The summed E-state index contributed by atoms with van der Waals surface area (Å²) < 4.78 is 5.17. The molecule has 2 atom stereocenters. The van der Waals surface area contributed by atoms with E-state index < -0.39 is 0 Å². The molecule has 0 aliphatic carbocycles. The zero-order chi connectivity index (χ0) is 18.4. The third-order valence-corrected chi connectivity index (χ3v) is 5.38. The Hall–Kier alpha value is -1.92. The highest BCUT2D eigenvalue weighted by atomic mass is 16.5. The van der Waals surface area contributed by atoms with Crippen molar-refractivity contribution in [2.45, 2.75) is 44.3 Å². The molecule has 2 heterocycles. The van der Waals surface area contributed by atoms with Crippen molar-refractivity contribution in [2.75, 3.05) is 26.8 Å². The highest BCUT2D eigenvalue weighted by Crippen LogP contribution is 2.20. The summed E-state index contributed by atoms with van der Waals surface area (Å²) in [6.07, 6.45) is 2.94. The van der Waals surface area contributed by atoms with Gasteiger partial charge in [-0.05, 0) is 24.8 Å². The summed E-state index contributed by atoms with van der Waals surface area (Å²) in [5.74, 6) is -0.145. The number of ether oxygens (including phenoxy) is 1. The molecule has 0 radical (unpaired) electrons. The number of methoxy groups -OCH3 is 1. The second-order valence-electron chi connectivity index (χ2n) is 7.32. The van der Waals surface area contributed by atoms with Gasteiger partial charge in [0, 0.05) is 39.2 Å². The van der Waals surface area contributed by atoms with Crippen LogP contribution in [0.1, 0.15) is 31.2 Å². The Kier molecular flexibility index (Phi) is 6.63. The number of hydrogen-bond acceptors (Lipinski definition) is 4. The van der Waals surface area contributed by atoms with Crippen LogP contribution in [0.5, 0.6) is 0 Å². The Morgan fingerprint density at radius 3 is 2.65 bits per heavy atom. The van der Waals surface area contributed by atoms with Crippen molar-refractivity contribution >= 4 is 11.8 Å². The van der Waals surface area contributed by atoms with Gasteiger partial charge in [0.1, 0.15) is 0 Å². The van der Waals surface area contributed by atoms with Crippen LogP contribution in [0.4, 0.5) is 0 Å². The van der Waals surface area contributed by atoms with Gasteiger partial charge < -0.3 is 15.4 Å². The first kappa shape index (κ1) is 18.9. The molecule has 26 heavy (non-hydrogen) atoms. The number of benzene rings is 1. The van der Waals surface area contributed by atoms with Gasteiger partial charge in [0.25, 0.3) is 0 Å². The largest absolute Gasteiger partial charge is 0.383 e. The van der Waals surface area contributed by atoms with Crippen molar-refractivity contribution in [3.8, 4) is 0 Å². The second-order valence-corrected chi connectivity index (χ2v) is 7.32. The van der Waals surface area contributed by atoms with E-state index in [4.69, 9.17) is 4.74 Å². The van der Waals surface area contributed by atoms with Crippen molar-refractivity contribution in [1.29, 1.82) is 0 Å². The SMILES string of the molecule is COC[C@H]1NC(=O)CC[C@H]1C(=O)NC1CCN(Cc2ccccc2)CC1. The van der Waals surface area contributed by atoms with Crippen LogP contribution in [0.25, 0.3) is 0 Å². The van der Waals surface area contributed by atoms with Gasteiger partial charge in [-0.25, -0.2) is 0 Å². The molecule has 0 unspecified atom stereocenters. The second kappa shape index (κ2) is 9.14. The molecule has 0 saturated carbocycles. The smallest absolute Gasteiger partial charge is 0.225 e. The van der Waals surface area contributed by atoms with Gasteiger partial charge in [0.2, 0.25) is 11.8 Å². The fourth-order valence-corrected chi connectivity index (χ4v) is 3.90. The highest BCUT2D eigenvalue weighted by molar-refractivity contribution is 5.84. The molecule has 6 heteroatoms. The molecule has 2 aliphatic rings. The maximum atomic E-state index is 12.7. The molecule has 2 N–H and O–H groups in total. The predicted octanol–water partition coefficient (Wildman–Crippen LogP) is 1.31. The Morgan fingerprint density at radius 1 is 1.23 bits per heavy atom. The molecule has 2 aliphatic heterocycles. The molecular formula is C20H29N3O3. The lowest BCUT2D eigenvalue weighted by molar-refractivity contribution is -0.132. The molecule has 0 spiro atoms. The van der Waals surface area contributed by atoms with Gasteiger partial charge in [-0.1, -0.05) is 30.3 Å². The molecule has 3 rings (SSSR count). The van der Waals surface area contributed by atoms with Gasteiger partial charge in [0.15, 0.2) is 0 Å². The topological polar surface area (TPSA) is 70.7 Å². The molecule has 2 saturated heterocycles. The Morgan fingerprint density at radius 2 is 1.96 bits per heavy atom. The number of piperidine rings is 2. The number of carbonyl (C=O) groups excluding carboxylic acids is 2. The van der Waals surface area contributed by atoms with E-state index in [0.717, 1.165) is 32.5 Å². The van der Waals surface area contributed by atoms with Crippen molar-refractivity contribution in [3.63, 3.8) is 0 Å². The fourth-order valence-electron chi connectivity index (χ4n) is 3.90. The van der Waals surface area contributed by atoms with Crippen LogP contribution in [0.2, 0.25) is 0 Å². The summed E-state index contributed by atoms with van der Waals surface area (Å²) in [4.78, 5) is 26.7. The third kappa shape index (κ3) is 5.05. The van der Waals surface area contributed by atoms with E-state index >= 15 is 0 Å². The van der Waals surface area contributed by atoms with Crippen LogP contribution >= 0.6 is 0 Å². The zero-order valence-electron chi connectivity index (χ0n) is 15.4.